The number of hydrogen-bond donors (Lipinski definition) is 1. The largest absolute Gasteiger partial charge is 0.457 e. The van der Waals surface area contributed by atoms with Crippen molar-refractivity contribution in [1.29, 1.82) is 0 Å². The third-order valence-corrected chi connectivity index (χ3v) is 6.43. The van der Waals surface area contributed by atoms with Gasteiger partial charge in [0, 0.05) is 30.8 Å². The van der Waals surface area contributed by atoms with E-state index in [1.807, 2.05) is 61.6 Å². The highest BCUT2D eigenvalue weighted by Gasteiger charge is 2.38. The van der Waals surface area contributed by atoms with Crippen LogP contribution in [-0.2, 0) is 11.3 Å². The number of carbonyl (C=O) groups is 1. The Morgan fingerprint density at radius 2 is 1.85 bits per heavy atom. The lowest BCUT2D eigenvalue weighted by Gasteiger charge is -2.27. The van der Waals surface area contributed by atoms with Crippen LogP contribution in [0.3, 0.4) is 0 Å². The first-order valence-electron chi connectivity index (χ1n) is 10.8. The highest BCUT2D eigenvalue weighted by atomic mass is 16.5. The third-order valence-electron chi connectivity index (χ3n) is 6.43. The zero-order chi connectivity index (χ0) is 23.1. The zero-order valence-electron chi connectivity index (χ0n) is 18.6. The maximum absolute atomic E-state index is 12.3. The Balaban J connectivity index is 1.59. The molecule has 0 saturated carbocycles. The molecule has 7 nitrogen and oxygen atoms in total. The van der Waals surface area contributed by atoms with Crippen LogP contribution in [0.2, 0.25) is 0 Å². The summed E-state index contributed by atoms with van der Waals surface area (Å²) < 4.78 is 8.12. The predicted molar refractivity (Wildman–Crippen MR) is 129 cm³/mol. The van der Waals surface area contributed by atoms with E-state index < -0.39 is 0 Å². The number of para-hydroxylation sites is 1. The molecule has 3 heterocycles. The predicted octanol–water partition coefficient (Wildman–Crippen LogP) is 4.60. The fourth-order valence-corrected chi connectivity index (χ4v) is 4.77. The second-order valence-corrected chi connectivity index (χ2v) is 8.28. The average Bonchev–Trinajstić information content (AvgIpc) is 3.35. The summed E-state index contributed by atoms with van der Waals surface area (Å²) in [4.78, 5) is 22.9. The van der Waals surface area contributed by atoms with Gasteiger partial charge in [0.25, 0.3) is 0 Å². The molecule has 0 spiro atoms. The summed E-state index contributed by atoms with van der Waals surface area (Å²) in [5, 5.41) is 0.840. The molecule has 0 bridgehead atoms. The summed E-state index contributed by atoms with van der Waals surface area (Å²) in [7, 11) is 1.82. The number of aromatic nitrogens is 3. The lowest BCUT2D eigenvalue weighted by atomic mass is 9.93. The van der Waals surface area contributed by atoms with Gasteiger partial charge in [0.1, 0.15) is 29.3 Å². The van der Waals surface area contributed by atoms with Gasteiger partial charge >= 0.3 is 0 Å². The molecular formula is C26H25N5O2. The molecule has 1 aliphatic heterocycles. The Hall–Kier alpha value is -4.13. The van der Waals surface area contributed by atoms with Crippen LogP contribution in [0.1, 0.15) is 18.5 Å². The number of nitrogens with zero attached hydrogens (tertiary/aromatic N) is 4. The molecule has 33 heavy (non-hydrogen) atoms. The molecule has 1 aliphatic rings. The van der Waals surface area contributed by atoms with Gasteiger partial charge in [-0.2, -0.15) is 0 Å². The van der Waals surface area contributed by atoms with Gasteiger partial charge in [0.05, 0.1) is 11.4 Å². The van der Waals surface area contributed by atoms with E-state index in [1.54, 1.807) is 4.90 Å². The fourth-order valence-electron chi connectivity index (χ4n) is 4.77. The maximum Gasteiger partial charge on any atom is 0.246 e. The number of nitrogen functional groups attached to an aromatic ring is 1. The number of ether oxygens (including phenoxy) is 1. The number of likely N-dealkylation sites (N-methyl/N-ethyl adjacent to an activating group) is 1. The van der Waals surface area contributed by atoms with Crippen molar-refractivity contribution in [3.05, 3.63) is 79.3 Å². The van der Waals surface area contributed by atoms with Crippen molar-refractivity contribution >= 4 is 22.8 Å². The van der Waals surface area contributed by atoms with E-state index in [1.165, 1.54) is 12.4 Å². The van der Waals surface area contributed by atoms with Crippen LogP contribution in [0.5, 0.6) is 11.5 Å². The van der Waals surface area contributed by atoms with Gasteiger partial charge in [0.2, 0.25) is 5.91 Å². The van der Waals surface area contributed by atoms with Gasteiger partial charge in [-0.3, -0.25) is 4.79 Å². The Bertz CT molecular complexity index is 1340. The maximum atomic E-state index is 12.3. The first-order chi connectivity index (χ1) is 16.0. The molecular weight excluding hydrogens is 414 g/mol. The fraction of sp³-hybridized carbons (Fsp3) is 0.192. The molecule has 0 radical (unpaired) electrons. The first-order valence-corrected chi connectivity index (χ1v) is 10.8. The van der Waals surface area contributed by atoms with E-state index in [2.05, 4.69) is 28.0 Å². The van der Waals surface area contributed by atoms with Crippen molar-refractivity contribution in [2.45, 2.75) is 25.4 Å². The monoisotopic (exact) mass is 439 g/mol. The van der Waals surface area contributed by atoms with Crippen LogP contribution in [0.4, 0.5) is 5.82 Å². The average molecular weight is 440 g/mol. The molecule has 0 aliphatic carbocycles. The van der Waals surface area contributed by atoms with Crippen LogP contribution < -0.4 is 10.5 Å². The number of carbonyl (C=O) groups excluding carboxylic acids is 1. The molecule has 7 heteroatoms. The Labute approximate surface area is 192 Å². The topological polar surface area (TPSA) is 86.3 Å². The number of nitrogens with two attached hydrogens (primary N) is 1. The van der Waals surface area contributed by atoms with Crippen molar-refractivity contribution in [2.24, 2.45) is 0 Å². The van der Waals surface area contributed by atoms with Crippen molar-refractivity contribution in [2.75, 3.05) is 12.8 Å². The first kappa shape index (κ1) is 20.8. The van der Waals surface area contributed by atoms with Gasteiger partial charge in [-0.15, -0.1) is 0 Å². The second kappa shape index (κ2) is 8.09. The normalized spacial score (nSPS) is 17.0. The molecule has 0 fully saturated rings. The van der Waals surface area contributed by atoms with Crippen molar-refractivity contribution in [3.63, 3.8) is 0 Å². The minimum absolute atomic E-state index is 0.00877. The quantitative estimate of drug-likeness (QED) is 0.459. The van der Waals surface area contributed by atoms with E-state index in [4.69, 9.17) is 10.5 Å². The summed E-state index contributed by atoms with van der Waals surface area (Å²) in [6, 6.07) is 17.6. The number of amides is 1. The molecule has 1 amide bonds. The smallest absolute Gasteiger partial charge is 0.246 e. The van der Waals surface area contributed by atoms with Gasteiger partial charge in [-0.25, -0.2) is 9.97 Å². The zero-order valence-corrected chi connectivity index (χ0v) is 18.6. The van der Waals surface area contributed by atoms with Crippen molar-refractivity contribution in [1.82, 2.24) is 19.4 Å². The van der Waals surface area contributed by atoms with E-state index in [9.17, 15) is 4.79 Å². The summed E-state index contributed by atoms with van der Waals surface area (Å²) in [5.74, 6) is 1.95. The number of benzene rings is 2. The summed E-state index contributed by atoms with van der Waals surface area (Å²) in [5.41, 5.74) is 10.2. The molecule has 4 aromatic rings. The molecule has 2 unspecified atom stereocenters. The SMILES string of the molecule is C=CC(=O)N(C)C1Cn2c(c(-c3ccc(Oc4ccccc4)cc3)c3c(N)ncnc32)C1C. The molecule has 166 valence electrons. The van der Waals surface area contributed by atoms with Crippen molar-refractivity contribution in [3.8, 4) is 22.6 Å². The van der Waals surface area contributed by atoms with Crippen LogP contribution in [-0.4, -0.2) is 38.4 Å². The van der Waals surface area contributed by atoms with Crippen LogP contribution >= 0.6 is 0 Å². The molecule has 0 saturated heterocycles. The summed E-state index contributed by atoms with van der Waals surface area (Å²) in [6.07, 6.45) is 2.84. The van der Waals surface area contributed by atoms with E-state index in [0.29, 0.717) is 12.4 Å². The molecule has 5 rings (SSSR count). The van der Waals surface area contributed by atoms with Gasteiger partial charge in [-0.1, -0.05) is 43.8 Å². The highest BCUT2D eigenvalue weighted by molar-refractivity contribution is 6.03. The van der Waals surface area contributed by atoms with E-state index in [-0.39, 0.29) is 17.9 Å². The Morgan fingerprint density at radius 3 is 2.55 bits per heavy atom. The molecule has 2 N–H and O–H groups in total. The number of rotatable bonds is 5. The summed E-state index contributed by atoms with van der Waals surface area (Å²) >= 11 is 0. The standard InChI is InChI=1S/C26H25N5O2/c1-4-21(32)30(3)20-14-31-24(16(20)2)22(23-25(27)28-15-29-26(23)31)17-10-12-19(13-11-17)33-18-8-6-5-7-9-18/h4-13,15-16,20H,1,14H2,2-3H3,(H2,27,28,29). The molecule has 2 aromatic carbocycles. The van der Waals surface area contributed by atoms with Crippen LogP contribution in [0, 0.1) is 0 Å². The Morgan fingerprint density at radius 1 is 1.15 bits per heavy atom. The summed E-state index contributed by atoms with van der Waals surface area (Å²) in [6.45, 7) is 6.40. The van der Waals surface area contributed by atoms with E-state index >= 15 is 0 Å². The lowest BCUT2D eigenvalue weighted by molar-refractivity contribution is -0.127. The highest BCUT2D eigenvalue weighted by Crippen LogP contribution is 2.45. The van der Waals surface area contributed by atoms with Gasteiger partial charge in [0.15, 0.2) is 0 Å². The second-order valence-electron chi connectivity index (χ2n) is 8.28. The third kappa shape index (κ3) is 3.42. The van der Waals surface area contributed by atoms with Crippen molar-refractivity contribution < 1.29 is 9.53 Å². The minimum Gasteiger partial charge on any atom is -0.457 e. The number of hydrogen-bond acceptors (Lipinski definition) is 5. The lowest BCUT2D eigenvalue weighted by Crippen LogP contribution is -2.38. The molecule has 2 atom stereocenters. The van der Waals surface area contributed by atoms with Crippen LogP contribution in [0.15, 0.2) is 73.6 Å². The Kier molecular flexibility index (Phi) is 5.09. The number of fused-ring (bicyclic) bond motifs is 3. The van der Waals surface area contributed by atoms with Crippen LogP contribution in [0.25, 0.3) is 22.2 Å². The minimum atomic E-state index is -0.0972. The van der Waals surface area contributed by atoms with E-state index in [0.717, 1.165) is 39.4 Å². The number of anilines is 1. The van der Waals surface area contributed by atoms with Gasteiger partial charge in [-0.05, 0) is 35.9 Å². The van der Waals surface area contributed by atoms with Gasteiger partial charge < -0.3 is 19.9 Å². The molecule has 2 aromatic heterocycles.